The molecule has 1 aliphatic carbocycles. The summed E-state index contributed by atoms with van der Waals surface area (Å²) in [4.78, 5) is 30.7. The van der Waals surface area contributed by atoms with Crippen LogP contribution in [0.4, 0.5) is 4.39 Å². The van der Waals surface area contributed by atoms with Crippen molar-refractivity contribution in [3.05, 3.63) is 41.3 Å². The summed E-state index contributed by atoms with van der Waals surface area (Å²) >= 11 is 0. The molecular formula is C18H18FN3O2. The number of nitrogens with two attached hydrogens (primary N) is 1. The van der Waals surface area contributed by atoms with Gasteiger partial charge in [0.1, 0.15) is 11.9 Å². The molecule has 2 heterocycles. The first-order valence-corrected chi connectivity index (χ1v) is 8.25. The van der Waals surface area contributed by atoms with Crippen molar-refractivity contribution in [1.29, 1.82) is 0 Å². The van der Waals surface area contributed by atoms with E-state index in [-0.39, 0.29) is 5.91 Å². The maximum Gasteiger partial charge on any atom is 0.255 e. The van der Waals surface area contributed by atoms with Crippen molar-refractivity contribution in [2.24, 2.45) is 5.73 Å². The number of halogens is 1. The van der Waals surface area contributed by atoms with Gasteiger partial charge in [-0.25, -0.2) is 4.39 Å². The number of likely N-dealkylation sites (tertiary alicyclic amines) is 1. The molecule has 1 aliphatic heterocycles. The second kappa shape index (κ2) is 5.54. The molecule has 1 aromatic carbocycles. The third-order valence-corrected chi connectivity index (χ3v) is 4.86. The molecule has 2 amide bonds. The van der Waals surface area contributed by atoms with Gasteiger partial charge in [0.25, 0.3) is 5.91 Å². The molecule has 5 nitrogen and oxygen atoms in total. The molecule has 0 spiro atoms. The van der Waals surface area contributed by atoms with Gasteiger partial charge in [0.15, 0.2) is 0 Å². The van der Waals surface area contributed by atoms with Crippen molar-refractivity contribution in [3.8, 4) is 0 Å². The number of rotatable bonds is 3. The third kappa shape index (κ3) is 2.52. The molecule has 124 valence electrons. The Balaban J connectivity index is 1.83. The Kier molecular flexibility index (Phi) is 3.48. The van der Waals surface area contributed by atoms with Crippen molar-refractivity contribution < 1.29 is 14.0 Å². The second-order valence-electron chi connectivity index (χ2n) is 6.59. The van der Waals surface area contributed by atoms with Crippen LogP contribution in [0.25, 0.3) is 10.9 Å². The zero-order valence-corrected chi connectivity index (χ0v) is 13.2. The zero-order chi connectivity index (χ0) is 16.8. The number of primary amides is 1. The number of carbonyl (C=O) groups is 2. The van der Waals surface area contributed by atoms with Gasteiger partial charge in [-0.05, 0) is 49.9 Å². The minimum atomic E-state index is -0.585. The molecule has 0 bridgehead atoms. The maximum atomic E-state index is 13.7. The average molecular weight is 327 g/mol. The van der Waals surface area contributed by atoms with E-state index in [1.54, 1.807) is 12.1 Å². The Bertz CT molecular complexity index is 848. The Labute approximate surface area is 138 Å². The highest BCUT2D eigenvalue weighted by atomic mass is 19.1. The van der Waals surface area contributed by atoms with Gasteiger partial charge in [-0.2, -0.15) is 0 Å². The monoisotopic (exact) mass is 327 g/mol. The van der Waals surface area contributed by atoms with Gasteiger partial charge < -0.3 is 10.6 Å². The molecular weight excluding hydrogens is 309 g/mol. The summed E-state index contributed by atoms with van der Waals surface area (Å²) in [6.07, 6.45) is 3.43. The normalized spacial score (nSPS) is 20.5. The van der Waals surface area contributed by atoms with Crippen LogP contribution in [0.3, 0.4) is 0 Å². The quantitative estimate of drug-likeness (QED) is 0.940. The lowest BCUT2D eigenvalue weighted by Crippen LogP contribution is -2.43. The van der Waals surface area contributed by atoms with Gasteiger partial charge in [-0.15, -0.1) is 0 Å². The van der Waals surface area contributed by atoms with E-state index in [4.69, 9.17) is 5.73 Å². The van der Waals surface area contributed by atoms with Crippen LogP contribution in [0.1, 0.15) is 47.7 Å². The van der Waals surface area contributed by atoms with E-state index in [2.05, 4.69) is 4.98 Å². The fraction of sp³-hybridized carbons (Fsp3) is 0.389. The summed E-state index contributed by atoms with van der Waals surface area (Å²) in [6, 6.07) is 5.46. The third-order valence-electron chi connectivity index (χ3n) is 4.86. The van der Waals surface area contributed by atoms with Crippen LogP contribution in [0, 0.1) is 5.82 Å². The van der Waals surface area contributed by atoms with Gasteiger partial charge in [0.2, 0.25) is 5.91 Å². The molecule has 6 heteroatoms. The average Bonchev–Trinajstić information content (AvgIpc) is 3.29. The van der Waals surface area contributed by atoms with Crippen LogP contribution in [0.2, 0.25) is 0 Å². The minimum absolute atomic E-state index is 0.267. The summed E-state index contributed by atoms with van der Waals surface area (Å²) in [5.74, 6) is -0.800. The van der Waals surface area contributed by atoms with Crippen LogP contribution in [0.5, 0.6) is 0 Å². The number of pyridine rings is 1. The SMILES string of the molecule is NC(=O)[C@@H]1CCCN1C(=O)c1cc(C2CC2)nc2ccc(F)cc12. The Hall–Kier alpha value is -2.50. The molecule has 2 N–H and O–H groups in total. The van der Waals surface area contributed by atoms with E-state index in [0.29, 0.717) is 35.3 Å². The lowest BCUT2D eigenvalue weighted by atomic mass is 10.0. The Morgan fingerprint density at radius 3 is 2.71 bits per heavy atom. The number of hydrogen-bond donors (Lipinski definition) is 1. The number of fused-ring (bicyclic) bond motifs is 1. The van der Waals surface area contributed by atoms with Gasteiger partial charge >= 0.3 is 0 Å². The van der Waals surface area contributed by atoms with Gasteiger partial charge in [-0.1, -0.05) is 0 Å². The number of aromatic nitrogens is 1. The summed E-state index contributed by atoms with van der Waals surface area (Å²) < 4.78 is 13.7. The zero-order valence-electron chi connectivity index (χ0n) is 13.2. The predicted molar refractivity (Wildman–Crippen MR) is 86.9 cm³/mol. The topological polar surface area (TPSA) is 76.3 Å². The molecule has 1 saturated carbocycles. The van der Waals surface area contributed by atoms with Crippen LogP contribution in [0.15, 0.2) is 24.3 Å². The second-order valence-corrected chi connectivity index (χ2v) is 6.59. The summed E-state index contributed by atoms with van der Waals surface area (Å²) in [5, 5.41) is 0.486. The maximum absolute atomic E-state index is 13.7. The van der Waals surface area contributed by atoms with Gasteiger partial charge in [0.05, 0.1) is 11.1 Å². The molecule has 1 saturated heterocycles. The van der Waals surface area contributed by atoms with Gasteiger partial charge in [0, 0.05) is 23.5 Å². The van der Waals surface area contributed by atoms with Crippen molar-refractivity contribution in [3.63, 3.8) is 0 Å². The first kappa shape index (κ1) is 15.1. The molecule has 1 aromatic heterocycles. The summed E-state index contributed by atoms with van der Waals surface area (Å²) in [7, 11) is 0. The number of nitrogens with zero attached hydrogens (tertiary/aromatic N) is 2. The van der Waals surface area contributed by atoms with Gasteiger partial charge in [-0.3, -0.25) is 14.6 Å². The van der Waals surface area contributed by atoms with Crippen molar-refractivity contribution in [2.75, 3.05) is 6.54 Å². The van der Waals surface area contributed by atoms with Crippen LogP contribution in [-0.4, -0.2) is 34.3 Å². The van der Waals surface area contributed by atoms with E-state index in [9.17, 15) is 14.0 Å². The van der Waals surface area contributed by atoms with E-state index in [1.807, 2.05) is 0 Å². The molecule has 24 heavy (non-hydrogen) atoms. The largest absolute Gasteiger partial charge is 0.368 e. The first-order chi connectivity index (χ1) is 11.5. The van der Waals surface area contributed by atoms with Crippen molar-refractivity contribution in [2.45, 2.75) is 37.6 Å². The van der Waals surface area contributed by atoms with Crippen molar-refractivity contribution >= 4 is 22.7 Å². The lowest BCUT2D eigenvalue weighted by Gasteiger charge is -2.23. The van der Waals surface area contributed by atoms with Crippen LogP contribution < -0.4 is 5.73 Å². The highest BCUT2D eigenvalue weighted by Crippen LogP contribution is 2.40. The van der Waals surface area contributed by atoms with Crippen LogP contribution in [-0.2, 0) is 4.79 Å². The fourth-order valence-electron chi connectivity index (χ4n) is 3.44. The highest BCUT2D eigenvalue weighted by Gasteiger charge is 2.35. The van der Waals surface area contributed by atoms with E-state index in [1.165, 1.54) is 17.0 Å². The predicted octanol–water partition coefficient (Wildman–Crippen LogP) is 2.34. The molecule has 0 unspecified atom stereocenters. The molecule has 0 radical (unpaired) electrons. The number of carbonyl (C=O) groups excluding carboxylic acids is 2. The summed E-state index contributed by atoms with van der Waals surface area (Å²) in [6.45, 7) is 0.490. The van der Waals surface area contributed by atoms with Crippen LogP contribution >= 0.6 is 0 Å². The summed E-state index contributed by atoms with van der Waals surface area (Å²) in [5.41, 5.74) is 7.31. The number of hydrogen-bond acceptors (Lipinski definition) is 3. The molecule has 4 rings (SSSR count). The minimum Gasteiger partial charge on any atom is -0.368 e. The molecule has 2 aromatic rings. The fourth-order valence-corrected chi connectivity index (χ4v) is 3.44. The number of benzene rings is 1. The first-order valence-electron chi connectivity index (χ1n) is 8.25. The van der Waals surface area contributed by atoms with E-state index >= 15 is 0 Å². The standard InChI is InChI=1S/C18H18FN3O2/c19-11-5-6-14-12(8-11)13(9-15(21-14)10-3-4-10)18(24)22-7-1-2-16(22)17(20)23/h5-6,8-10,16H,1-4,7H2,(H2,20,23)/t16-/m0/s1. The Morgan fingerprint density at radius 1 is 1.21 bits per heavy atom. The highest BCUT2D eigenvalue weighted by molar-refractivity contribution is 6.07. The van der Waals surface area contributed by atoms with E-state index in [0.717, 1.165) is 25.0 Å². The molecule has 2 fully saturated rings. The Morgan fingerprint density at radius 2 is 2.00 bits per heavy atom. The van der Waals surface area contributed by atoms with Crippen molar-refractivity contribution in [1.82, 2.24) is 9.88 Å². The lowest BCUT2D eigenvalue weighted by molar-refractivity contribution is -0.121. The number of amides is 2. The molecule has 2 aliphatic rings. The van der Waals surface area contributed by atoms with E-state index < -0.39 is 17.8 Å². The smallest absolute Gasteiger partial charge is 0.255 e. The molecule has 1 atom stereocenters.